The number of hydrogen-bond acceptors (Lipinski definition) is 5. The second-order valence-electron chi connectivity index (χ2n) is 4.95. The number of halogens is 1. The molecule has 0 amide bonds. The van der Waals surface area contributed by atoms with Crippen molar-refractivity contribution in [3.05, 3.63) is 69.7 Å². The number of methoxy groups -OCH3 is 2. The van der Waals surface area contributed by atoms with Crippen LogP contribution in [0.25, 0.3) is 6.08 Å². The molecule has 2 aromatic rings. The normalized spacial score (nSPS) is 11.4. The third kappa shape index (κ3) is 5.39. The van der Waals surface area contributed by atoms with Gasteiger partial charge in [0.1, 0.15) is 0 Å². The number of aliphatic imine (C=N–C) groups is 1. The van der Waals surface area contributed by atoms with Crippen LogP contribution in [0.4, 0.5) is 5.69 Å². The van der Waals surface area contributed by atoms with Crippen molar-refractivity contribution in [2.75, 3.05) is 14.2 Å². The highest BCUT2D eigenvalue weighted by Crippen LogP contribution is 2.20. The first-order chi connectivity index (χ1) is 12.0. The summed E-state index contributed by atoms with van der Waals surface area (Å²) in [5.74, 6) is -1.11. The summed E-state index contributed by atoms with van der Waals surface area (Å²) in [4.78, 5) is 27.8. The number of esters is 2. The molecule has 0 radical (unpaired) electrons. The summed E-state index contributed by atoms with van der Waals surface area (Å²) in [7, 11) is 2.55. The van der Waals surface area contributed by atoms with Gasteiger partial charge in [0, 0.05) is 10.7 Å². The largest absolute Gasteiger partial charge is 0.465 e. The van der Waals surface area contributed by atoms with Gasteiger partial charge in [-0.15, -0.1) is 0 Å². The van der Waals surface area contributed by atoms with E-state index in [2.05, 4.69) is 20.9 Å². The molecule has 25 heavy (non-hydrogen) atoms. The van der Waals surface area contributed by atoms with Crippen molar-refractivity contribution in [2.45, 2.75) is 0 Å². The zero-order chi connectivity index (χ0) is 18.2. The topological polar surface area (TPSA) is 65.0 Å². The molecule has 0 fully saturated rings. The molecule has 0 N–H and O–H groups in total. The molecule has 0 aliphatic carbocycles. The second-order valence-corrected chi connectivity index (χ2v) is 5.87. The number of benzene rings is 2. The molecule has 0 unspecified atom stereocenters. The lowest BCUT2D eigenvalue weighted by Gasteiger charge is -2.05. The Bertz CT molecular complexity index is 794. The van der Waals surface area contributed by atoms with E-state index in [4.69, 9.17) is 9.47 Å². The third-order valence-electron chi connectivity index (χ3n) is 3.20. The van der Waals surface area contributed by atoms with Gasteiger partial charge in [0.2, 0.25) is 0 Å². The lowest BCUT2D eigenvalue weighted by molar-refractivity contribution is 0.0599. The van der Waals surface area contributed by atoms with Crippen LogP contribution in [0.3, 0.4) is 0 Å². The maximum absolute atomic E-state index is 11.8. The van der Waals surface area contributed by atoms with Gasteiger partial charge in [-0.2, -0.15) is 0 Å². The lowest BCUT2D eigenvalue weighted by Crippen LogP contribution is -2.06. The highest BCUT2D eigenvalue weighted by Gasteiger charge is 2.13. The predicted octanol–water partition coefficient (Wildman–Crippen LogP) is 4.40. The smallest absolute Gasteiger partial charge is 0.337 e. The van der Waals surface area contributed by atoms with E-state index in [1.807, 2.05) is 36.4 Å². The van der Waals surface area contributed by atoms with E-state index in [1.165, 1.54) is 32.4 Å². The van der Waals surface area contributed by atoms with Gasteiger partial charge in [0.05, 0.1) is 31.0 Å². The van der Waals surface area contributed by atoms with E-state index in [9.17, 15) is 9.59 Å². The number of carbonyl (C=O) groups is 2. The molecule has 0 saturated carbocycles. The molecule has 0 bridgehead atoms. The zero-order valence-corrected chi connectivity index (χ0v) is 15.3. The number of ether oxygens (including phenoxy) is 2. The lowest BCUT2D eigenvalue weighted by atomic mass is 10.1. The molecular formula is C19H16BrNO4. The van der Waals surface area contributed by atoms with E-state index in [0.717, 1.165) is 10.0 Å². The first-order valence-electron chi connectivity index (χ1n) is 7.31. The summed E-state index contributed by atoms with van der Waals surface area (Å²) in [6.07, 6.45) is 3.49. The van der Waals surface area contributed by atoms with E-state index < -0.39 is 11.9 Å². The van der Waals surface area contributed by atoms with E-state index >= 15 is 0 Å². The quantitative estimate of drug-likeness (QED) is 0.550. The first-order valence-corrected chi connectivity index (χ1v) is 8.11. The summed E-state index contributed by atoms with van der Waals surface area (Å²) >= 11 is 3.42. The first kappa shape index (κ1) is 18.6. The fourth-order valence-corrected chi connectivity index (χ4v) is 2.41. The Morgan fingerprint density at radius 2 is 1.52 bits per heavy atom. The molecule has 6 heteroatoms. The van der Waals surface area contributed by atoms with Crippen LogP contribution >= 0.6 is 15.9 Å². The molecule has 2 aromatic carbocycles. The van der Waals surface area contributed by atoms with Crippen LogP contribution in [0.15, 0.2) is 58.0 Å². The number of rotatable bonds is 5. The number of carbonyl (C=O) groups excluding carboxylic acids is 2. The Kier molecular flexibility index (Phi) is 6.65. The molecule has 2 rings (SSSR count). The van der Waals surface area contributed by atoms with Crippen LogP contribution in [0, 0.1) is 0 Å². The highest BCUT2D eigenvalue weighted by atomic mass is 79.9. The molecule has 0 atom stereocenters. The molecule has 0 aromatic heterocycles. The fraction of sp³-hybridized carbons (Fsp3) is 0.105. The van der Waals surface area contributed by atoms with Gasteiger partial charge in [-0.3, -0.25) is 4.99 Å². The van der Waals surface area contributed by atoms with Crippen LogP contribution in [0.5, 0.6) is 0 Å². The van der Waals surface area contributed by atoms with Crippen molar-refractivity contribution in [3.8, 4) is 0 Å². The molecule has 0 spiro atoms. The Labute approximate surface area is 154 Å². The van der Waals surface area contributed by atoms with E-state index in [0.29, 0.717) is 5.69 Å². The number of allylic oxidation sites excluding steroid dienone is 1. The van der Waals surface area contributed by atoms with Gasteiger partial charge in [0.15, 0.2) is 0 Å². The van der Waals surface area contributed by atoms with Crippen molar-refractivity contribution in [3.63, 3.8) is 0 Å². The van der Waals surface area contributed by atoms with Crippen molar-refractivity contribution in [1.82, 2.24) is 0 Å². The molecule has 0 heterocycles. The van der Waals surface area contributed by atoms with Crippen LogP contribution in [0.2, 0.25) is 0 Å². The van der Waals surface area contributed by atoms with Gasteiger partial charge in [-0.05, 0) is 45.8 Å². The summed E-state index contributed by atoms with van der Waals surface area (Å²) in [5, 5.41) is 0. The average Bonchev–Trinajstić information content (AvgIpc) is 2.65. The molecule has 0 saturated heterocycles. The summed E-state index contributed by atoms with van der Waals surface area (Å²) in [6.45, 7) is 0. The van der Waals surface area contributed by atoms with Crippen LogP contribution < -0.4 is 0 Å². The minimum Gasteiger partial charge on any atom is -0.465 e. The Morgan fingerprint density at radius 3 is 2.04 bits per heavy atom. The zero-order valence-electron chi connectivity index (χ0n) is 13.7. The molecule has 5 nitrogen and oxygen atoms in total. The van der Waals surface area contributed by atoms with Crippen molar-refractivity contribution < 1.29 is 19.1 Å². The number of nitrogens with zero attached hydrogens (tertiary/aromatic N) is 1. The molecule has 0 aliphatic heterocycles. The summed E-state index contributed by atoms with van der Waals surface area (Å²) in [6, 6.07) is 14.2. The fourth-order valence-electron chi connectivity index (χ4n) is 2.04. The summed E-state index contributed by atoms with van der Waals surface area (Å²) < 4.78 is 10.1. The van der Waals surface area contributed by atoms with E-state index in [-0.39, 0.29) is 11.1 Å². The monoisotopic (exact) mass is 401 g/mol. The summed E-state index contributed by atoms with van der Waals surface area (Å²) in [5.41, 5.74) is 1.89. The van der Waals surface area contributed by atoms with Crippen molar-refractivity contribution in [1.29, 1.82) is 0 Å². The minimum atomic E-state index is -0.555. The standard InChI is InChI=1S/C19H16BrNO4/c1-24-18(22)14-9-15(19(23)25-2)11-17(10-14)21-12-16(20)8-13-6-4-3-5-7-13/h3-12H,1-2H3. The van der Waals surface area contributed by atoms with Crippen molar-refractivity contribution in [2.24, 2.45) is 4.99 Å². The van der Waals surface area contributed by atoms with Gasteiger partial charge >= 0.3 is 11.9 Å². The Balaban J connectivity index is 2.32. The second kappa shape index (κ2) is 8.94. The highest BCUT2D eigenvalue weighted by molar-refractivity contribution is 9.12. The Morgan fingerprint density at radius 1 is 0.960 bits per heavy atom. The maximum atomic E-state index is 11.8. The molecular weight excluding hydrogens is 386 g/mol. The number of hydrogen-bond donors (Lipinski definition) is 0. The minimum absolute atomic E-state index is 0.223. The van der Waals surface area contributed by atoms with Crippen LogP contribution in [0.1, 0.15) is 26.3 Å². The third-order valence-corrected chi connectivity index (χ3v) is 3.63. The van der Waals surface area contributed by atoms with Gasteiger partial charge in [-0.1, -0.05) is 30.3 Å². The van der Waals surface area contributed by atoms with E-state index in [1.54, 1.807) is 6.21 Å². The molecule has 0 aliphatic rings. The maximum Gasteiger partial charge on any atom is 0.337 e. The Hall–Kier alpha value is -2.73. The van der Waals surface area contributed by atoms with Crippen LogP contribution in [-0.4, -0.2) is 32.4 Å². The van der Waals surface area contributed by atoms with Crippen LogP contribution in [-0.2, 0) is 9.47 Å². The van der Waals surface area contributed by atoms with Gasteiger partial charge < -0.3 is 9.47 Å². The molecule has 128 valence electrons. The van der Waals surface area contributed by atoms with Crippen molar-refractivity contribution >= 4 is 45.8 Å². The SMILES string of the molecule is COC(=O)c1cc(N=CC(Br)=Cc2ccccc2)cc(C(=O)OC)c1. The van der Waals surface area contributed by atoms with Gasteiger partial charge in [-0.25, -0.2) is 9.59 Å². The average molecular weight is 402 g/mol. The predicted molar refractivity (Wildman–Crippen MR) is 101 cm³/mol. The van der Waals surface area contributed by atoms with Gasteiger partial charge in [0.25, 0.3) is 0 Å².